The van der Waals surface area contributed by atoms with Crippen molar-refractivity contribution < 1.29 is 14.7 Å². The van der Waals surface area contributed by atoms with E-state index in [9.17, 15) is 9.59 Å². The van der Waals surface area contributed by atoms with Gasteiger partial charge in [0.15, 0.2) is 0 Å². The first-order chi connectivity index (χ1) is 17.1. The Bertz CT molecular complexity index is 1120. The largest absolute Gasteiger partial charge is 0.481 e. The third-order valence-corrected chi connectivity index (χ3v) is 5.94. The molecule has 0 unspecified atom stereocenters. The van der Waals surface area contributed by atoms with Crippen molar-refractivity contribution in [1.82, 2.24) is 20.6 Å². The highest BCUT2D eigenvalue weighted by atomic mass is 16.4. The van der Waals surface area contributed by atoms with E-state index in [0.717, 1.165) is 22.4 Å². The Morgan fingerprint density at radius 2 is 1.37 bits per heavy atom. The van der Waals surface area contributed by atoms with Gasteiger partial charge in [0.25, 0.3) is 0 Å². The van der Waals surface area contributed by atoms with Gasteiger partial charge < -0.3 is 15.4 Å². The molecule has 1 atom stereocenters. The molecule has 4 aromatic rings. The molecule has 4 rings (SSSR count). The van der Waals surface area contributed by atoms with Gasteiger partial charge >= 0.3 is 5.97 Å². The zero-order valence-electron chi connectivity index (χ0n) is 19.2. The van der Waals surface area contributed by atoms with Crippen molar-refractivity contribution in [2.75, 3.05) is 6.54 Å². The molecule has 0 bridgehead atoms. The van der Waals surface area contributed by atoms with Crippen LogP contribution in [0.3, 0.4) is 0 Å². The molecule has 0 saturated heterocycles. The maximum atomic E-state index is 13.4. The van der Waals surface area contributed by atoms with Crippen LogP contribution in [0.4, 0.5) is 0 Å². The minimum absolute atomic E-state index is 0.0460. The van der Waals surface area contributed by atoms with Crippen LogP contribution in [0.2, 0.25) is 0 Å². The van der Waals surface area contributed by atoms with Crippen molar-refractivity contribution >= 4 is 11.9 Å². The number of nitrogens with one attached hydrogen (secondary N) is 3. The van der Waals surface area contributed by atoms with E-state index in [1.807, 2.05) is 91.0 Å². The van der Waals surface area contributed by atoms with Gasteiger partial charge in [-0.3, -0.25) is 14.9 Å². The van der Waals surface area contributed by atoms with Crippen LogP contribution in [-0.2, 0) is 21.5 Å². The number of carboxylic acid groups (broad SMARTS) is 1. The zero-order valence-corrected chi connectivity index (χ0v) is 19.2. The fourth-order valence-electron chi connectivity index (χ4n) is 4.32. The second kappa shape index (κ2) is 11.3. The Labute approximate surface area is 204 Å². The van der Waals surface area contributed by atoms with Crippen molar-refractivity contribution in [2.45, 2.75) is 24.4 Å². The molecule has 0 aliphatic heterocycles. The minimum atomic E-state index is -0.962. The van der Waals surface area contributed by atoms with E-state index in [1.54, 1.807) is 12.5 Å². The van der Waals surface area contributed by atoms with Crippen molar-refractivity contribution in [2.24, 2.45) is 0 Å². The lowest BCUT2D eigenvalue weighted by molar-refractivity contribution is -0.137. The van der Waals surface area contributed by atoms with Gasteiger partial charge in [-0.1, -0.05) is 91.0 Å². The van der Waals surface area contributed by atoms with E-state index >= 15 is 0 Å². The summed E-state index contributed by atoms with van der Waals surface area (Å²) in [4.78, 5) is 31.6. The maximum Gasteiger partial charge on any atom is 0.305 e. The summed E-state index contributed by atoms with van der Waals surface area (Å²) in [6, 6.07) is 29.3. The van der Waals surface area contributed by atoms with Crippen LogP contribution in [0.25, 0.3) is 0 Å². The number of carbonyl (C=O) groups is 2. The number of rotatable bonds is 11. The fraction of sp³-hybridized carbons (Fsp3) is 0.179. The smallest absolute Gasteiger partial charge is 0.305 e. The van der Waals surface area contributed by atoms with Gasteiger partial charge in [-0.05, 0) is 16.7 Å². The molecule has 0 radical (unpaired) electrons. The number of hydrogen-bond acceptors (Lipinski definition) is 4. The van der Waals surface area contributed by atoms with Crippen molar-refractivity contribution in [3.8, 4) is 0 Å². The summed E-state index contributed by atoms with van der Waals surface area (Å²) in [6.07, 6.45) is 3.46. The normalized spacial score (nSPS) is 12.1. The fourth-order valence-corrected chi connectivity index (χ4v) is 4.32. The van der Waals surface area contributed by atoms with Crippen LogP contribution in [0.15, 0.2) is 104 Å². The van der Waals surface area contributed by atoms with E-state index in [4.69, 9.17) is 5.11 Å². The first-order valence-corrected chi connectivity index (χ1v) is 11.5. The van der Waals surface area contributed by atoms with Gasteiger partial charge in [0.1, 0.15) is 0 Å². The molecule has 7 nitrogen and oxygen atoms in total. The Hall–Kier alpha value is -4.23. The van der Waals surface area contributed by atoms with Gasteiger partial charge in [-0.2, -0.15) is 0 Å². The average Bonchev–Trinajstić information content (AvgIpc) is 3.41. The van der Waals surface area contributed by atoms with Crippen LogP contribution < -0.4 is 10.6 Å². The second-order valence-corrected chi connectivity index (χ2v) is 8.26. The van der Waals surface area contributed by atoms with Gasteiger partial charge in [0.2, 0.25) is 5.91 Å². The van der Waals surface area contributed by atoms with E-state index in [-0.39, 0.29) is 18.9 Å². The molecular weight excluding hydrogens is 440 g/mol. The van der Waals surface area contributed by atoms with Crippen LogP contribution in [0, 0.1) is 0 Å². The molecule has 1 heterocycles. The average molecular weight is 469 g/mol. The molecule has 4 N–H and O–H groups in total. The number of aromatic amines is 1. The summed E-state index contributed by atoms with van der Waals surface area (Å²) in [5, 5.41) is 15.5. The number of nitrogens with zero attached hydrogens (tertiary/aromatic N) is 1. The van der Waals surface area contributed by atoms with Gasteiger partial charge in [0.05, 0.1) is 24.3 Å². The SMILES string of the molecule is O=C(O)CCNC(=O)[C@H](Cc1cnc[nH]1)NC(c1ccccc1)(c1ccccc1)c1ccccc1. The molecule has 0 spiro atoms. The predicted molar refractivity (Wildman–Crippen MR) is 134 cm³/mol. The molecule has 35 heavy (non-hydrogen) atoms. The number of hydrogen-bond donors (Lipinski definition) is 4. The molecule has 1 aromatic heterocycles. The summed E-state index contributed by atoms with van der Waals surface area (Å²) in [5.41, 5.74) is 2.87. The monoisotopic (exact) mass is 468 g/mol. The summed E-state index contributed by atoms with van der Waals surface area (Å²) in [7, 11) is 0. The van der Waals surface area contributed by atoms with E-state index in [2.05, 4.69) is 20.6 Å². The first-order valence-electron chi connectivity index (χ1n) is 11.5. The lowest BCUT2D eigenvalue weighted by Crippen LogP contribution is -2.56. The first kappa shape index (κ1) is 23.9. The molecule has 0 saturated carbocycles. The highest BCUT2D eigenvalue weighted by Crippen LogP contribution is 2.37. The third kappa shape index (κ3) is 5.65. The summed E-state index contributed by atoms with van der Waals surface area (Å²) >= 11 is 0. The number of aromatic nitrogens is 2. The molecule has 1 amide bonds. The van der Waals surface area contributed by atoms with Crippen molar-refractivity contribution in [3.05, 3.63) is 126 Å². The maximum absolute atomic E-state index is 13.4. The summed E-state index contributed by atoms with van der Waals surface area (Å²) < 4.78 is 0. The number of imidazole rings is 1. The van der Waals surface area contributed by atoms with Crippen LogP contribution in [-0.4, -0.2) is 39.5 Å². The van der Waals surface area contributed by atoms with E-state index in [0.29, 0.717) is 6.42 Å². The number of amides is 1. The Kier molecular flexibility index (Phi) is 7.70. The van der Waals surface area contributed by atoms with E-state index in [1.165, 1.54) is 0 Å². The van der Waals surface area contributed by atoms with Crippen molar-refractivity contribution in [3.63, 3.8) is 0 Å². The summed E-state index contributed by atoms with van der Waals surface area (Å²) in [6.45, 7) is 0.0460. The topological polar surface area (TPSA) is 107 Å². The van der Waals surface area contributed by atoms with Gasteiger partial charge in [0, 0.05) is 24.9 Å². The minimum Gasteiger partial charge on any atom is -0.481 e. The standard InChI is InChI=1S/C28H28N4O3/c33-26(34)16-17-30-27(35)25(18-24-19-29-20-31-24)32-28(21-10-4-1-5-11-21,22-12-6-2-7-13-22)23-14-8-3-9-15-23/h1-15,19-20,25,32H,16-18H2,(H,29,31)(H,30,35)(H,33,34)/t25-/m0/s1. The quantitative estimate of drug-likeness (QED) is 0.252. The van der Waals surface area contributed by atoms with Crippen LogP contribution >= 0.6 is 0 Å². The Morgan fingerprint density at radius 3 is 1.80 bits per heavy atom. The second-order valence-electron chi connectivity index (χ2n) is 8.26. The highest BCUT2D eigenvalue weighted by molar-refractivity contribution is 5.83. The molecule has 0 aliphatic rings. The molecule has 7 heteroatoms. The van der Waals surface area contributed by atoms with Crippen molar-refractivity contribution in [1.29, 1.82) is 0 Å². The number of carbonyl (C=O) groups excluding carboxylic acids is 1. The summed E-state index contributed by atoms with van der Waals surface area (Å²) in [5.74, 6) is -1.25. The van der Waals surface area contributed by atoms with Gasteiger partial charge in [-0.15, -0.1) is 0 Å². The Morgan fingerprint density at radius 1 is 0.857 bits per heavy atom. The lowest BCUT2D eigenvalue weighted by Gasteiger charge is -2.39. The molecule has 0 fully saturated rings. The molecule has 0 aliphatic carbocycles. The number of H-pyrrole nitrogens is 1. The lowest BCUT2D eigenvalue weighted by atomic mass is 9.76. The van der Waals surface area contributed by atoms with Gasteiger partial charge in [-0.25, -0.2) is 4.98 Å². The number of carboxylic acids is 1. The Balaban J connectivity index is 1.83. The van der Waals surface area contributed by atoms with E-state index < -0.39 is 17.6 Å². The number of aliphatic carboxylic acids is 1. The van der Waals surface area contributed by atoms with Crippen LogP contribution in [0.5, 0.6) is 0 Å². The molecule has 178 valence electrons. The van der Waals surface area contributed by atoms with Crippen LogP contribution in [0.1, 0.15) is 28.8 Å². The molecular formula is C28H28N4O3. The number of benzene rings is 3. The molecule has 3 aromatic carbocycles. The third-order valence-electron chi connectivity index (χ3n) is 5.94. The highest BCUT2D eigenvalue weighted by Gasteiger charge is 2.39. The predicted octanol–water partition coefficient (Wildman–Crippen LogP) is 3.49. The zero-order chi connectivity index (χ0) is 24.5.